The molecule has 0 aliphatic carbocycles. The monoisotopic (exact) mass is 428 g/mol. The van der Waals surface area contributed by atoms with E-state index in [1.54, 1.807) is 12.3 Å². The fraction of sp³-hybridized carbons (Fsp3) is 0.269. The summed E-state index contributed by atoms with van der Waals surface area (Å²) in [7, 11) is 0. The topological polar surface area (TPSA) is 68.5 Å². The van der Waals surface area contributed by atoms with Crippen LogP contribution in [0.15, 0.2) is 48.8 Å². The number of nitrogens with zero attached hydrogens (tertiary/aromatic N) is 3. The number of aromatic nitrogens is 3. The quantitative estimate of drug-likeness (QED) is 0.471. The summed E-state index contributed by atoms with van der Waals surface area (Å²) in [6, 6.07) is 11.9. The minimum absolute atomic E-state index is 0.175. The molecular weight excluding hydrogens is 400 g/mol. The molecule has 32 heavy (non-hydrogen) atoms. The number of aryl methyl sites for hydroxylation is 4. The summed E-state index contributed by atoms with van der Waals surface area (Å²) >= 11 is 0. The van der Waals surface area contributed by atoms with E-state index in [9.17, 15) is 4.79 Å². The Morgan fingerprint density at radius 3 is 2.50 bits per heavy atom. The van der Waals surface area contributed by atoms with E-state index in [2.05, 4.69) is 43.2 Å². The highest BCUT2D eigenvalue weighted by molar-refractivity contribution is 5.92. The third-order valence-electron chi connectivity index (χ3n) is 5.61. The van der Waals surface area contributed by atoms with Gasteiger partial charge in [0.15, 0.2) is 11.4 Å². The zero-order chi connectivity index (χ0) is 22.8. The van der Waals surface area contributed by atoms with Crippen molar-refractivity contribution in [2.75, 3.05) is 6.54 Å². The summed E-state index contributed by atoms with van der Waals surface area (Å²) in [6.07, 6.45) is 3.69. The number of pyridine rings is 2. The molecule has 0 saturated heterocycles. The van der Waals surface area contributed by atoms with Gasteiger partial charge < -0.3 is 10.1 Å². The van der Waals surface area contributed by atoms with Crippen molar-refractivity contribution in [2.45, 2.75) is 41.2 Å². The molecule has 6 nitrogen and oxygen atoms in total. The highest BCUT2D eigenvalue weighted by Crippen LogP contribution is 2.29. The highest BCUT2D eigenvalue weighted by atomic mass is 16.5. The highest BCUT2D eigenvalue weighted by Gasteiger charge is 2.16. The van der Waals surface area contributed by atoms with Crippen molar-refractivity contribution in [1.29, 1.82) is 0 Å². The van der Waals surface area contributed by atoms with Gasteiger partial charge in [0.1, 0.15) is 12.3 Å². The summed E-state index contributed by atoms with van der Waals surface area (Å²) in [4.78, 5) is 21.1. The number of imidazole rings is 1. The second kappa shape index (κ2) is 8.83. The Morgan fingerprint density at radius 2 is 1.84 bits per heavy atom. The second-order valence-electron chi connectivity index (χ2n) is 8.07. The average molecular weight is 429 g/mol. The standard InChI is InChI=1S/C26H28N4O2/c1-6-27-26(31)22-10-9-20(14-28-22)24-19(5)29-25-23(8-7-11-30(24)25)32-15-21-17(3)12-16(2)13-18(21)4/h7-14H,6,15H2,1-5H3,(H,27,31). The van der Waals surface area contributed by atoms with Gasteiger partial charge in [0.2, 0.25) is 0 Å². The first kappa shape index (κ1) is 21.6. The number of benzene rings is 1. The van der Waals surface area contributed by atoms with Gasteiger partial charge in [-0.15, -0.1) is 0 Å². The van der Waals surface area contributed by atoms with Crippen LogP contribution in [0.4, 0.5) is 0 Å². The van der Waals surface area contributed by atoms with Crippen LogP contribution in [0.2, 0.25) is 0 Å². The van der Waals surface area contributed by atoms with E-state index in [1.807, 2.05) is 42.6 Å². The molecule has 0 bridgehead atoms. The van der Waals surface area contributed by atoms with Crippen molar-refractivity contribution in [1.82, 2.24) is 19.7 Å². The molecule has 0 aliphatic rings. The molecule has 0 unspecified atom stereocenters. The van der Waals surface area contributed by atoms with Crippen LogP contribution in [0, 0.1) is 27.7 Å². The van der Waals surface area contributed by atoms with Gasteiger partial charge in [-0.1, -0.05) is 17.7 Å². The Hall–Kier alpha value is -3.67. The largest absolute Gasteiger partial charge is 0.485 e. The molecule has 0 aliphatic heterocycles. The number of hydrogen-bond donors (Lipinski definition) is 1. The van der Waals surface area contributed by atoms with Crippen LogP contribution in [0.5, 0.6) is 5.75 Å². The van der Waals surface area contributed by atoms with E-state index < -0.39 is 0 Å². The first-order chi connectivity index (χ1) is 15.4. The van der Waals surface area contributed by atoms with E-state index in [1.165, 1.54) is 22.3 Å². The van der Waals surface area contributed by atoms with E-state index in [0.29, 0.717) is 18.8 Å². The SMILES string of the molecule is CCNC(=O)c1ccc(-c2c(C)nc3c(OCc4c(C)cc(C)cc4C)cccn23)cn1. The van der Waals surface area contributed by atoms with Gasteiger partial charge in [0.05, 0.1) is 11.4 Å². The van der Waals surface area contributed by atoms with Crippen LogP contribution in [0.3, 0.4) is 0 Å². The molecule has 1 amide bonds. The molecule has 0 atom stereocenters. The third-order valence-corrected chi connectivity index (χ3v) is 5.61. The lowest BCUT2D eigenvalue weighted by Crippen LogP contribution is -2.23. The summed E-state index contributed by atoms with van der Waals surface area (Å²) in [5.74, 6) is 0.555. The number of carbonyl (C=O) groups excluding carboxylic acids is 1. The van der Waals surface area contributed by atoms with Crippen molar-refractivity contribution in [3.8, 4) is 17.0 Å². The average Bonchev–Trinajstić information content (AvgIpc) is 3.09. The maximum absolute atomic E-state index is 12.0. The molecule has 0 radical (unpaired) electrons. The predicted octanol–water partition coefficient (Wildman–Crippen LogP) is 4.96. The van der Waals surface area contributed by atoms with Crippen molar-refractivity contribution in [3.05, 3.63) is 82.4 Å². The van der Waals surface area contributed by atoms with Crippen LogP contribution in [-0.2, 0) is 6.61 Å². The molecule has 1 N–H and O–H groups in total. The van der Waals surface area contributed by atoms with E-state index in [0.717, 1.165) is 28.3 Å². The number of nitrogens with one attached hydrogen (secondary N) is 1. The minimum atomic E-state index is -0.175. The van der Waals surface area contributed by atoms with Crippen LogP contribution in [-0.4, -0.2) is 26.8 Å². The number of rotatable bonds is 6. The van der Waals surface area contributed by atoms with Crippen LogP contribution in [0.25, 0.3) is 16.9 Å². The van der Waals surface area contributed by atoms with Gasteiger partial charge in [-0.25, -0.2) is 4.98 Å². The van der Waals surface area contributed by atoms with Crippen molar-refractivity contribution in [3.63, 3.8) is 0 Å². The lowest BCUT2D eigenvalue weighted by molar-refractivity contribution is 0.0951. The molecule has 3 aromatic heterocycles. The Morgan fingerprint density at radius 1 is 1.09 bits per heavy atom. The molecule has 1 aromatic carbocycles. The van der Waals surface area contributed by atoms with E-state index in [4.69, 9.17) is 9.72 Å². The minimum Gasteiger partial charge on any atom is -0.485 e. The number of hydrogen-bond acceptors (Lipinski definition) is 4. The molecule has 0 saturated carbocycles. The number of fused-ring (bicyclic) bond motifs is 1. The number of carbonyl (C=O) groups is 1. The molecule has 3 heterocycles. The van der Waals surface area contributed by atoms with Gasteiger partial charge in [0.25, 0.3) is 5.91 Å². The molecule has 0 spiro atoms. The second-order valence-corrected chi connectivity index (χ2v) is 8.07. The van der Waals surface area contributed by atoms with Gasteiger partial charge in [-0.3, -0.25) is 14.2 Å². The molecule has 4 rings (SSSR count). The van der Waals surface area contributed by atoms with E-state index in [-0.39, 0.29) is 5.91 Å². The third kappa shape index (κ3) is 4.08. The van der Waals surface area contributed by atoms with Crippen LogP contribution in [0.1, 0.15) is 45.4 Å². The number of amides is 1. The van der Waals surface area contributed by atoms with E-state index >= 15 is 0 Å². The lowest BCUT2D eigenvalue weighted by atomic mass is 10.0. The lowest BCUT2D eigenvalue weighted by Gasteiger charge is -2.13. The van der Waals surface area contributed by atoms with Crippen LogP contribution >= 0.6 is 0 Å². The Labute approximate surface area is 188 Å². The fourth-order valence-corrected chi connectivity index (χ4v) is 4.12. The Balaban J connectivity index is 1.66. The van der Waals surface area contributed by atoms with Crippen molar-refractivity contribution < 1.29 is 9.53 Å². The molecule has 0 fully saturated rings. The van der Waals surface area contributed by atoms with Crippen molar-refractivity contribution in [2.24, 2.45) is 0 Å². The Bertz CT molecular complexity index is 1270. The Kier molecular flexibility index (Phi) is 5.95. The van der Waals surface area contributed by atoms with Gasteiger partial charge in [-0.2, -0.15) is 0 Å². The summed E-state index contributed by atoms with van der Waals surface area (Å²) in [6.45, 7) is 11.3. The molecular formula is C26H28N4O2. The normalized spacial score (nSPS) is 11.0. The summed E-state index contributed by atoms with van der Waals surface area (Å²) in [5.41, 5.74) is 8.77. The first-order valence-corrected chi connectivity index (χ1v) is 10.8. The molecule has 6 heteroatoms. The van der Waals surface area contributed by atoms with Gasteiger partial charge in [-0.05, 0) is 75.6 Å². The fourth-order valence-electron chi connectivity index (χ4n) is 4.12. The van der Waals surface area contributed by atoms with Crippen molar-refractivity contribution >= 4 is 11.6 Å². The zero-order valence-electron chi connectivity index (χ0n) is 19.2. The predicted molar refractivity (Wildman–Crippen MR) is 126 cm³/mol. The summed E-state index contributed by atoms with van der Waals surface area (Å²) in [5, 5.41) is 2.77. The first-order valence-electron chi connectivity index (χ1n) is 10.8. The van der Waals surface area contributed by atoms with Gasteiger partial charge >= 0.3 is 0 Å². The molecule has 164 valence electrons. The number of ether oxygens (including phenoxy) is 1. The maximum Gasteiger partial charge on any atom is 0.269 e. The smallest absolute Gasteiger partial charge is 0.269 e. The summed E-state index contributed by atoms with van der Waals surface area (Å²) < 4.78 is 8.25. The van der Waals surface area contributed by atoms with Crippen LogP contribution < -0.4 is 10.1 Å². The molecule has 4 aromatic rings. The maximum atomic E-state index is 12.0. The zero-order valence-corrected chi connectivity index (χ0v) is 19.2. The van der Waals surface area contributed by atoms with Gasteiger partial charge in [0, 0.05) is 24.5 Å².